The first-order valence-electron chi connectivity index (χ1n) is 21.1. The molecule has 13 rings (SSSR count). The van der Waals surface area contributed by atoms with Gasteiger partial charge < -0.3 is 4.42 Å². The highest BCUT2D eigenvalue weighted by atomic mass is 16.3. The van der Waals surface area contributed by atoms with Crippen LogP contribution in [0.4, 0.5) is 0 Å². The molecule has 2 heterocycles. The molecule has 0 amide bonds. The minimum absolute atomic E-state index is 0.389. The zero-order chi connectivity index (χ0) is 40.8. The van der Waals surface area contributed by atoms with Gasteiger partial charge in [-0.25, -0.2) is 15.0 Å². The number of hydrogen-bond acceptors (Lipinski definition) is 4. The molecule has 9 aromatic carbocycles. The molecule has 288 valence electrons. The molecule has 4 nitrogen and oxygen atoms in total. The summed E-state index contributed by atoms with van der Waals surface area (Å²) in [5.74, 6) is 1.87. The minimum Gasteiger partial charge on any atom is -0.456 e. The lowest BCUT2D eigenvalue weighted by atomic mass is 9.70. The summed E-state index contributed by atoms with van der Waals surface area (Å²) in [6, 6.07) is 75.6. The van der Waals surface area contributed by atoms with Gasteiger partial charge in [-0.15, -0.1) is 0 Å². The van der Waals surface area contributed by atoms with E-state index in [9.17, 15) is 0 Å². The molecule has 0 saturated heterocycles. The Hall–Kier alpha value is -8.21. The molecule has 0 N–H and O–H groups in total. The Balaban J connectivity index is 0.916. The zero-order valence-corrected chi connectivity index (χ0v) is 33.5. The van der Waals surface area contributed by atoms with Crippen molar-refractivity contribution >= 4 is 21.9 Å². The quantitative estimate of drug-likeness (QED) is 0.174. The normalized spacial score (nSPS) is 13.0. The van der Waals surface area contributed by atoms with Crippen LogP contribution >= 0.6 is 0 Å². The van der Waals surface area contributed by atoms with Gasteiger partial charge in [0.05, 0.1) is 5.41 Å². The molecule has 11 aromatic rings. The summed E-state index contributed by atoms with van der Waals surface area (Å²) >= 11 is 0. The van der Waals surface area contributed by atoms with Gasteiger partial charge in [0, 0.05) is 27.5 Å². The lowest BCUT2D eigenvalue weighted by Crippen LogP contribution is -2.25. The third kappa shape index (κ3) is 5.04. The van der Waals surface area contributed by atoms with Crippen LogP contribution in [0.1, 0.15) is 22.3 Å². The van der Waals surface area contributed by atoms with E-state index in [4.69, 9.17) is 19.4 Å². The van der Waals surface area contributed by atoms with Crippen LogP contribution in [0.25, 0.3) is 101 Å². The van der Waals surface area contributed by atoms with Crippen molar-refractivity contribution in [1.29, 1.82) is 0 Å². The summed E-state index contributed by atoms with van der Waals surface area (Å²) < 4.78 is 6.24. The molecular weight excluding hydrogens is 755 g/mol. The Labute approximate surface area is 358 Å². The number of aromatic nitrogens is 3. The number of furan rings is 1. The molecular formula is C58H35N3O. The molecule has 62 heavy (non-hydrogen) atoms. The fourth-order valence-corrected chi connectivity index (χ4v) is 10.3. The predicted molar refractivity (Wildman–Crippen MR) is 251 cm³/mol. The second-order valence-electron chi connectivity index (χ2n) is 16.3. The van der Waals surface area contributed by atoms with Crippen molar-refractivity contribution in [2.24, 2.45) is 0 Å². The van der Waals surface area contributed by atoms with Gasteiger partial charge in [0.2, 0.25) is 0 Å². The van der Waals surface area contributed by atoms with E-state index in [1.54, 1.807) is 0 Å². The number of benzene rings is 9. The van der Waals surface area contributed by atoms with E-state index < -0.39 is 0 Å². The molecule has 0 radical (unpaired) electrons. The average molecular weight is 790 g/mol. The van der Waals surface area contributed by atoms with Crippen LogP contribution in [-0.4, -0.2) is 15.0 Å². The molecule has 4 heteroatoms. The van der Waals surface area contributed by atoms with Crippen LogP contribution in [0.3, 0.4) is 0 Å². The van der Waals surface area contributed by atoms with Crippen molar-refractivity contribution in [1.82, 2.24) is 15.0 Å². The van der Waals surface area contributed by atoms with Crippen molar-refractivity contribution < 1.29 is 4.42 Å². The highest BCUT2D eigenvalue weighted by Gasteiger charge is 2.51. The fourth-order valence-electron chi connectivity index (χ4n) is 10.3. The monoisotopic (exact) mass is 789 g/mol. The first-order chi connectivity index (χ1) is 30.7. The SMILES string of the molecule is c1ccc(-c2nc(-c3ccc(-c4ccc5c(c4)C4(c6ccccc6-c6ccccc64)c4ccccc4-5)cc3)nc(-c3cccc(-c4cccc5oc6ccccc6c45)c3)n2)cc1. The molecule has 0 saturated carbocycles. The summed E-state index contributed by atoms with van der Waals surface area (Å²) in [4.78, 5) is 15.3. The molecule has 0 unspecified atom stereocenters. The molecule has 0 bridgehead atoms. The smallest absolute Gasteiger partial charge is 0.164 e. The first-order valence-corrected chi connectivity index (χ1v) is 21.1. The molecule has 2 aromatic heterocycles. The van der Waals surface area contributed by atoms with E-state index in [1.807, 2.05) is 48.5 Å². The van der Waals surface area contributed by atoms with E-state index >= 15 is 0 Å². The summed E-state index contributed by atoms with van der Waals surface area (Å²) in [6.07, 6.45) is 0. The standard InChI is InChI=1S/C58H35N3O/c1-2-14-37(15-3-1)55-59-56(61-57(60-55)41-17-12-16-40(34-41)42-22-13-27-53-54(42)47-21-7-11-26-52(47)62-53)38-30-28-36(29-31-38)39-32-33-46-45-20-6-10-25-50(45)58(51(46)35-39)48-23-8-4-18-43(48)44-19-5-9-24-49(44)58/h1-35H. The van der Waals surface area contributed by atoms with Crippen molar-refractivity contribution in [3.05, 3.63) is 235 Å². The van der Waals surface area contributed by atoms with Gasteiger partial charge in [-0.2, -0.15) is 0 Å². The Morgan fingerprint density at radius 1 is 0.290 bits per heavy atom. The van der Waals surface area contributed by atoms with Crippen LogP contribution < -0.4 is 0 Å². The Kier molecular flexibility index (Phi) is 7.49. The predicted octanol–water partition coefficient (Wildman–Crippen LogP) is 14.4. The lowest BCUT2D eigenvalue weighted by Gasteiger charge is -2.30. The third-order valence-electron chi connectivity index (χ3n) is 13.0. The van der Waals surface area contributed by atoms with Gasteiger partial charge in [-0.1, -0.05) is 188 Å². The highest BCUT2D eigenvalue weighted by Crippen LogP contribution is 2.63. The van der Waals surface area contributed by atoms with Crippen LogP contribution in [0, 0.1) is 0 Å². The molecule has 0 atom stereocenters. The summed E-state index contributed by atoms with van der Waals surface area (Å²) in [7, 11) is 0. The van der Waals surface area contributed by atoms with Gasteiger partial charge in [0.15, 0.2) is 17.5 Å². The van der Waals surface area contributed by atoms with E-state index in [0.29, 0.717) is 17.5 Å². The third-order valence-corrected chi connectivity index (χ3v) is 13.0. The van der Waals surface area contributed by atoms with Crippen molar-refractivity contribution in [2.75, 3.05) is 0 Å². The van der Waals surface area contributed by atoms with Gasteiger partial charge >= 0.3 is 0 Å². The highest BCUT2D eigenvalue weighted by molar-refractivity contribution is 6.12. The maximum atomic E-state index is 6.24. The summed E-state index contributed by atoms with van der Waals surface area (Å²) in [5.41, 5.74) is 19.2. The van der Waals surface area contributed by atoms with Crippen molar-refractivity contribution in [3.8, 4) is 78.7 Å². The van der Waals surface area contributed by atoms with Crippen molar-refractivity contribution in [2.45, 2.75) is 5.41 Å². The molecule has 2 aliphatic rings. The van der Waals surface area contributed by atoms with Gasteiger partial charge in [-0.3, -0.25) is 0 Å². The molecule has 0 fully saturated rings. The summed E-state index contributed by atoms with van der Waals surface area (Å²) in [5, 5.41) is 2.20. The number of para-hydroxylation sites is 1. The lowest BCUT2D eigenvalue weighted by molar-refractivity contribution is 0.669. The number of nitrogens with zero attached hydrogens (tertiary/aromatic N) is 3. The van der Waals surface area contributed by atoms with E-state index in [0.717, 1.165) is 55.3 Å². The van der Waals surface area contributed by atoms with Crippen LogP contribution in [0.2, 0.25) is 0 Å². The largest absolute Gasteiger partial charge is 0.456 e. The van der Waals surface area contributed by atoms with Crippen LogP contribution in [0.5, 0.6) is 0 Å². The maximum Gasteiger partial charge on any atom is 0.164 e. The Morgan fingerprint density at radius 3 is 1.45 bits per heavy atom. The molecule has 1 spiro atoms. The first kappa shape index (κ1) is 34.6. The Bertz CT molecular complexity index is 3520. The second kappa shape index (κ2) is 13.4. The molecule has 2 aliphatic carbocycles. The average Bonchev–Trinajstić information content (AvgIpc) is 3.98. The van der Waals surface area contributed by atoms with Crippen molar-refractivity contribution in [3.63, 3.8) is 0 Å². The number of hydrogen-bond donors (Lipinski definition) is 0. The van der Waals surface area contributed by atoms with E-state index in [2.05, 4.69) is 164 Å². The fraction of sp³-hybridized carbons (Fsp3) is 0.0172. The van der Waals surface area contributed by atoms with Crippen LogP contribution in [0.15, 0.2) is 217 Å². The zero-order valence-electron chi connectivity index (χ0n) is 33.5. The minimum atomic E-state index is -0.389. The molecule has 0 aliphatic heterocycles. The van der Waals surface area contributed by atoms with Gasteiger partial charge in [-0.05, 0) is 91.0 Å². The number of fused-ring (bicyclic) bond motifs is 13. The topological polar surface area (TPSA) is 51.8 Å². The maximum absolute atomic E-state index is 6.24. The van der Waals surface area contributed by atoms with E-state index in [1.165, 1.54) is 50.1 Å². The number of rotatable bonds is 5. The Morgan fingerprint density at radius 2 is 0.758 bits per heavy atom. The van der Waals surface area contributed by atoms with Gasteiger partial charge in [0.1, 0.15) is 11.2 Å². The summed E-state index contributed by atoms with van der Waals surface area (Å²) in [6.45, 7) is 0. The van der Waals surface area contributed by atoms with E-state index in [-0.39, 0.29) is 5.41 Å². The van der Waals surface area contributed by atoms with Gasteiger partial charge in [0.25, 0.3) is 0 Å². The van der Waals surface area contributed by atoms with Crippen LogP contribution in [-0.2, 0) is 5.41 Å². The second-order valence-corrected chi connectivity index (χ2v) is 16.3.